The molecule has 0 saturated carbocycles. The normalized spacial score (nSPS) is 11.0. The van der Waals surface area contributed by atoms with Crippen LogP contribution in [0.1, 0.15) is 24.0 Å². The van der Waals surface area contributed by atoms with E-state index < -0.39 is 0 Å². The van der Waals surface area contributed by atoms with Gasteiger partial charge in [0, 0.05) is 5.69 Å². The van der Waals surface area contributed by atoms with Gasteiger partial charge in [0.2, 0.25) is 0 Å². The number of para-hydroxylation sites is 1. The van der Waals surface area contributed by atoms with E-state index in [1.165, 1.54) is 0 Å². The van der Waals surface area contributed by atoms with Gasteiger partial charge in [-0.15, -0.1) is 5.10 Å². The van der Waals surface area contributed by atoms with Crippen molar-refractivity contribution >= 4 is 23.2 Å². The number of halogens is 2. The zero-order valence-electron chi connectivity index (χ0n) is 16.0. The number of nitrogens with zero attached hydrogens (tertiary/aromatic N) is 4. The van der Waals surface area contributed by atoms with Crippen molar-refractivity contribution in [1.29, 1.82) is 0 Å². The van der Waals surface area contributed by atoms with Crippen molar-refractivity contribution in [2.75, 3.05) is 0 Å². The fraction of sp³-hybridized carbons (Fsp3) is 0.190. The predicted molar refractivity (Wildman–Crippen MR) is 114 cm³/mol. The van der Waals surface area contributed by atoms with Gasteiger partial charge < -0.3 is 4.74 Å². The van der Waals surface area contributed by atoms with E-state index in [9.17, 15) is 0 Å². The number of aryl methyl sites for hydroxylation is 2. The molecule has 1 N–H and O–H groups in total. The Kier molecular flexibility index (Phi) is 5.56. The third-order valence-electron chi connectivity index (χ3n) is 4.56. The first-order chi connectivity index (χ1) is 14.1. The van der Waals surface area contributed by atoms with Crippen LogP contribution in [0.4, 0.5) is 0 Å². The lowest BCUT2D eigenvalue weighted by molar-refractivity contribution is 0.294. The third kappa shape index (κ3) is 3.99. The second-order valence-electron chi connectivity index (χ2n) is 6.53. The number of benzene rings is 2. The molecule has 2 aromatic heterocycles. The Labute approximate surface area is 178 Å². The van der Waals surface area contributed by atoms with E-state index in [1.54, 1.807) is 23.0 Å². The zero-order chi connectivity index (χ0) is 20.4. The minimum absolute atomic E-state index is 0.242. The molecule has 0 atom stereocenters. The molecule has 148 valence electrons. The number of aromatic nitrogens is 5. The smallest absolute Gasteiger partial charge is 0.189 e. The lowest BCUT2D eigenvalue weighted by Gasteiger charge is -2.07. The van der Waals surface area contributed by atoms with Crippen LogP contribution in [0.3, 0.4) is 0 Å². The van der Waals surface area contributed by atoms with E-state index in [-0.39, 0.29) is 6.61 Å². The van der Waals surface area contributed by atoms with Gasteiger partial charge in [0.05, 0.1) is 27.5 Å². The van der Waals surface area contributed by atoms with E-state index in [2.05, 4.69) is 22.2 Å². The SMILES string of the molecule is CCc1[nH]ncc1-c1nc(COc2ccccc2C)nn1-c1ccc(Cl)c(Cl)c1. The number of hydrogen-bond donors (Lipinski definition) is 1. The summed E-state index contributed by atoms with van der Waals surface area (Å²) in [5, 5.41) is 12.8. The van der Waals surface area contributed by atoms with Crippen LogP contribution >= 0.6 is 23.2 Å². The Morgan fingerprint density at radius 3 is 2.69 bits per heavy atom. The van der Waals surface area contributed by atoms with E-state index in [0.717, 1.165) is 34.7 Å². The molecule has 0 aliphatic carbocycles. The van der Waals surface area contributed by atoms with Gasteiger partial charge >= 0.3 is 0 Å². The maximum atomic E-state index is 6.23. The minimum Gasteiger partial charge on any atom is -0.485 e. The van der Waals surface area contributed by atoms with Crippen LogP contribution in [0.2, 0.25) is 10.0 Å². The van der Waals surface area contributed by atoms with E-state index in [1.807, 2.05) is 37.3 Å². The quantitative estimate of drug-likeness (QED) is 0.446. The first kappa shape index (κ1) is 19.5. The Morgan fingerprint density at radius 1 is 1.10 bits per heavy atom. The molecule has 4 rings (SSSR count). The molecule has 0 bridgehead atoms. The lowest BCUT2D eigenvalue weighted by atomic mass is 10.2. The summed E-state index contributed by atoms with van der Waals surface area (Å²) in [5.41, 5.74) is 3.67. The van der Waals surface area contributed by atoms with E-state index >= 15 is 0 Å². The summed E-state index contributed by atoms with van der Waals surface area (Å²) in [6.07, 6.45) is 2.54. The van der Waals surface area contributed by atoms with Crippen LogP contribution in [-0.2, 0) is 13.0 Å². The number of hydrogen-bond acceptors (Lipinski definition) is 4. The predicted octanol–water partition coefficient (Wildman–Crippen LogP) is 5.41. The molecular weight excluding hydrogens is 409 g/mol. The maximum absolute atomic E-state index is 6.23. The average Bonchev–Trinajstić information content (AvgIpc) is 3.36. The molecule has 0 unspecified atom stereocenters. The standard InChI is InChI=1S/C21H19Cl2N5O/c1-3-18-15(11-24-26-18)21-25-20(12-29-19-7-5-4-6-13(19)2)27-28(21)14-8-9-16(22)17(23)10-14/h4-11H,3,12H2,1-2H3,(H,24,26). The fourth-order valence-electron chi connectivity index (χ4n) is 3.02. The number of rotatable bonds is 6. The summed E-state index contributed by atoms with van der Waals surface area (Å²) in [5.74, 6) is 2.02. The van der Waals surface area contributed by atoms with Crippen molar-refractivity contribution in [3.8, 4) is 22.8 Å². The van der Waals surface area contributed by atoms with Crippen molar-refractivity contribution in [3.63, 3.8) is 0 Å². The minimum atomic E-state index is 0.242. The summed E-state index contributed by atoms with van der Waals surface area (Å²) < 4.78 is 7.67. The third-order valence-corrected chi connectivity index (χ3v) is 5.30. The summed E-state index contributed by atoms with van der Waals surface area (Å²) in [4.78, 5) is 4.73. The largest absolute Gasteiger partial charge is 0.485 e. The Bertz CT molecular complexity index is 1150. The van der Waals surface area contributed by atoms with Gasteiger partial charge in [0.25, 0.3) is 0 Å². The van der Waals surface area contributed by atoms with Crippen LogP contribution in [0, 0.1) is 6.92 Å². The molecule has 0 radical (unpaired) electrons. The average molecular weight is 428 g/mol. The van der Waals surface area contributed by atoms with Gasteiger partial charge in [-0.2, -0.15) is 5.10 Å². The van der Waals surface area contributed by atoms with Gasteiger partial charge in [-0.25, -0.2) is 9.67 Å². The molecular formula is C21H19Cl2N5O. The summed E-state index contributed by atoms with van der Waals surface area (Å²) >= 11 is 12.3. The van der Waals surface area contributed by atoms with Crippen molar-refractivity contribution in [2.45, 2.75) is 26.9 Å². The summed E-state index contributed by atoms with van der Waals surface area (Å²) in [7, 11) is 0. The molecule has 0 spiro atoms. The molecule has 6 nitrogen and oxygen atoms in total. The van der Waals surface area contributed by atoms with Crippen molar-refractivity contribution in [1.82, 2.24) is 25.0 Å². The summed E-state index contributed by atoms with van der Waals surface area (Å²) in [6.45, 7) is 4.30. The van der Waals surface area contributed by atoms with Gasteiger partial charge in [0.1, 0.15) is 12.4 Å². The Hall–Kier alpha value is -2.83. The fourth-order valence-corrected chi connectivity index (χ4v) is 3.32. The van der Waals surface area contributed by atoms with Crippen LogP contribution in [0.15, 0.2) is 48.7 Å². The van der Waals surface area contributed by atoms with E-state index in [0.29, 0.717) is 21.7 Å². The van der Waals surface area contributed by atoms with Crippen LogP contribution in [-0.4, -0.2) is 25.0 Å². The van der Waals surface area contributed by atoms with Crippen molar-refractivity contribution < 1.29 is 4.74 Å². The van der Waals surface area contributed by atoms with Gasteiger partial charge in [-0.05, 0) is 43.2 Å². The summed E-state index contributed by atoms with van der Waals surface area (Å²) in [6, 6.07) is 13.2. The highest BCUT2D eigenvalue weighted by atomic mass is 35.5. The number of nitrogens with one attached hydrogen (secondary N) is 1. The molecule has 0 aliphatic heterocycles. The molecule has 29 heavy (non-hydrogen) atoms. The molecule has 0 saturated heterocycles. The second-order valence-corrected chi connectivity index (χ2v) is 7.35. The lowest BCUT2D eigenvalue weighted by Crippen LogP contribution is -2.02. The van der Waals surface area contributed by atoms with Gasteiger partial charge in [0.15, 0.2) is 11.6 Å². The highest BCUT2D eigenvalue weighted by Gasteiger charge is 2.18. The van der Waals surface area contributed by atoms with Crippen LogP contribution in [0.5, 0.6) is 5.75 Å². The second kappa shape index (κ2) is 8.27. The van der Waals surface area contributed by atoms with Crippen molar-refractivity contribution in [3.05, 3.63) is 75.8 Å². The Balaban J connectivity index is 1.74. The maximum Gasteiger partial charge on any atom is 0.189 e. The first-order valence-corrected chi connectivity index (χ1v) is 9.94. The monoisotopic (exact) mass is 427 g/mol. The van der Waals surface area contributed by atoms with Gasteiger partial charge in [-0.3, -0.25) is 5.10 Å². The van der Waals surface area contributed by atoms with Crippen molar-refractivity contribution in [2.24, 2.45) is 0 Å². The highest BCUT2D eigenvalue weighted by Crippen LogP contribution is 2.28. The molecule has 0 amide bonds. The number of aromatic amines is 1. The molecule has 4 aromatic rings. The molecule has 0 aliphatic rings. The van der Waals surface area contributed by atoms with Crippen LogP contribution in [0.25, 0.3) is 17.1 Å². The van der Waals surface area contributed by atoms with Crippen LogP contribution < -0.4 is 4.74 Å². The zero-order valence-corrected chi connectivity index (χ0v) is 17.5. The number of ether oxygens (including phenoxy) is 1. The topological polar surface area (TPSA) is 68.6 Å². The highest BCUT2D eigenvalue weighted by molar-refractivity contribution is 6.42. The molecule has 2 heterocycles. The van der Waals surface area contributed by atoms with Gasteiger partial charge in [-0.1, -0.05) is 48.3 Å². The Morgan fingerprint density at radius 2 is 1.93 bits per heavy atom. The first-order valence-electron chi connectivity index (χ1n) is 9.19. The molecule has 0 fully saturated rings. The van der Waals surface area contributed by atoms with E-state index in [4.69, 9.17) is 32.9 Å². The number of H-pyrrole nitrogens is 1. The molecule has 8 heteroatoms. The molecule has 2 aromatic carbocycles.